The second kappa shape index (κ2) is 9.82. The van der Waals surface area contributed by atoms with E-state index in [-0.39, 0.29) is 35.5 Å². The number of carbonyl (C=O) groups excluding carboxylic acids is 1. The molecule has 0 aliphatic heterocycles. The van der Waals surface area contributed by atoms with E-state index in [9.17, 15) is 30.8 Å². The lowest BCUT2D eigenvalue weighted by Gasteiger charge is -2.14. The van der Waals surface area contributed by atoms with Gasteiger partial charge < -0.3 is 5.32 Å². The Bertz CT molecular complexity index is 1200. The molecule has 32 heavy (non-hydrogen) atoms. The van der Waals surface area contributed by atoms with Crippen molar-refractivity contribution < 1.29 is 30.8 Å². The fraction of sp³-hybridized carbons (Fsp3) is 0.238. The minimum atomic E-state index is -4.58. The number of hydrogen-bond donors (Lipinski definition) is 2. The van der Waals surface area contributed by atoms with Gasteiger partial charge in [-0.3, -0.25) is 9.52 Å². The van der Waals surface area contributed by atoms with Crippen molar-refractivity contribution in [2.75, 3.05) is 11.0 Å². The predicted octanol–water partition coefficient (Wildman–Crippen LogP) is 3.48. The van der Waals surface area contributed by atoms with Gasteiger partial charge in [-0.05, 0) is 41.8 Å². The number of aromatic nitrogens is 1. The number of terminal acetylenes is 1. The number of halogens is 4. The number of nitrogens with one attached hydrogen (secondary N) is 2. The summed E-state index contributed by atoms with van der Waals surface area (Å²) in [5, 5.41) is 2.45. The van der Waals surface area contributed by atoms with E-state index in [0.29, 0.717) is 5.56 Å². The minimum Gasteiger partial charge on any atom is -0.348 e. The molecule has 1 aromatic heterocycles. The molecule has 0 bridgehead atoms. The number of anilines is 1. The third-order valence-corrected chi connectivity index (χ3v) is 4.70. The Morgan fingerprint density at radius 3 is 2.53 bits per heavy atom. The number of sulfonamides is 1. The Morgan fingerprint density at radius 2 is 1.97 bits per heavy atom. The Hall–Kier alpha value is -3.39. The average Bonchev–Trinajstić information content (AvgIpc) is 2.70. The molecule has 0 saturated heterocycles. The van der Waals surface area contributed by atoms with Crippen LogP contribution in [-0.4, -0.2) is 25.6 Å². The van der Waals surface area contributed by atoms with Crippen LogP contribution in [0, 0.1) is 18.2 Å². The summed E-state index contributed by atoms with van der Waals surface area (Å²) in [6.07, 6.45) is 4.22. The third kappa shape index (κ3) is 6.81. The highest BCUT2D eigenvalue weighted by molar-refractivity contribution is 7.92. The van der Waals surface area contributed by atoms with Gasteiger partial charge in [-0.1, -0.05) is 18.9 Å². The molecule has 1 heterocycles. The molecule has 2 aromatic rings. The highest BCUT2D eigenvalue weighted by Crippen LogP contribution is 2.28. The summed E-state index contributed by atoms with van der Waals surface area (Å²) in [7, 11) is -3.73. The van der Waals surface area contributed by atoms with E-state index in [1.807, 2.05) is 0 Å². The van der Waals surface area contributed by atoms with Crippen molar-refractivity contribution in [2.24, 2.45) is 0 Å². The largest absolute Gasteiger partial charge is 0.433 e. The van der Waals surface area contributed by atoms with Crippen molar-refractivity contribution in [1.82, 2.24) is 10.3 Å². The highest BCUT2D eigenvalue weighted by atomic mass is 32.2. The van der Waals surface area contributed by atoms with E-state index in [4.69, 9.17) is 6.42 Å². The third-order valence-electron chi connectivity index (χ3n) is 4.13. The number of alkyl halides is 3. The number of amides is 1. The molecule has 11 heteroatoms. The van der Waals surface area contributed by atoms with E-state index in [1.54, 1.807) is 6.92 Å². The zero-order chi connectivity index (χ0) is 24.1. The van der Waals surface area contributed by atoms with Gasteiger partial charge in [0, 0.05) is 18.3 Å². The average molecular weight is 469 g/mol. The molecule has 0 unspecified atom stereocenters. The lowest BCUT2D eigenvalue weighted by atomic mass is 10.1. The molecule has 0 saturated carbocycles. The zero-order valence-corrected chi connectivity index (χ0v) is 17.9. The topological polar surface area (TPSA) is 88.2 Å². The van der Waals surface area contributed by atoms with Crippen LogP contribution in [0.3, 0.4) is 0 Å². The molecule has 1 aromatic carbocycles. The van der Waals surface area contributed by atoms with Crippen molar-refractivity contribution in [3.8, 4) is 12.3 Å². The van der Waals surface area contributed by atoms with Crippen LogP contribution in [-0.2, 0) is 34.0 Å². The van der Waals surface area contributed by atoms with Crippen LogP contribution in [0.15, 0.2) is 30.3 Å². The van der Waals surface area contributed by atoms with Crippen LogP contribution >= 0.6 is 0 Å². The molecule has 0 atom stereocenters. The summed E-state index contributed by atoms with van der Waals surface area (Å²) in [5.74, 6) is 0.809. The van der Waals surface area contributed by atoms with E-state index in [0.717, 1.165) is 30.5 Å². The molecular weight excluding hydrogens is 450 g/mol. The SMILES string of the molecule is C#Cc1cc(F)cc(CNC(=O)C=Cc2ccc(C(F)(F)F)nc2CC)c1NS(C)(=O)=O. The van der Waals surface area contributed by atoms with Crippen LogP contribution in [0.5, 0.6) is 0 Å². The first-order valence-corrected chi connectivity index (χ1v) is 11.0. The van der Waals surface area contributed by atoms with Crippen molar-refractivity contribution in [2.45, 2.75) is 26.1 Å². The quantitative estimate of drug-likeness (QED) is 0.369. The molecule has 6 nitrogen and oxygen atoms in total. The Morgan fingerprint density at radius 1 is 1.28 bits per heavy atom. The molecule has 0 radical (unpaired) electrons. The highest BCUT2D eigenvalue weighted by Gasteiger charge is 2.32. The zero-order valence-electron chi connectivity index (χ0n) is 17.0. The molecule has 0 aliphatic rings. The first kappa shape index (κ1) is 24.9. The van der Waals surface area contributed by atoms with Crippen LogP contribution in [0.25, 0.3) is 6.08 Å². The van der Waals surface area contributed by atoms with Gasteiger partial charge in [0.05, 0.1) is 17.5 Å². The summed E-state index contributed by atoms with van der Waals surface area (Å²) in [5.41, 5.74) is -0.532. The van der Waals surface area contributed by atoms with Gasteiger partial charge in [-0.25, -0.2) is 17.8 Å². The summed E-state index contributed by atoms with van der Waals surface area (Å²) >= 11 is 0. The van der Waals surface area contributed by atoms with Crippen LogP contribution in [0.2, 0.25) is 0 Å². The van der Waals surface area contributed by atoms with Gasteiger partial charge >= 0.3 is 6.18 Å². The molecule has 2 N–H and O–H groups in total. The molecule has 2 rings (SSSR count). The molecule has 0 fully saturated rings. The van der Waals surface area contributed by atoms with Crippen molar-refractivity contribution in [1.29, 1.82) is 0 Å². The number of carbonyl (C=O) groups is 1. The molecule has 170 valence electrons. The van der Waals surface area contributed by atoms with E-state index >= 15 is 0 Å². The van der Waals surface area contributed by atoms with Gasteiger partial charge in [0.25, 0.3) is 0 Å². The predicted molar refractivity (Wildman–Crippen MR) is 112 cm³/mol. The molecule has 0 spiro atoms. The maximum Gasteiger partial charge on any atom is 0.433 e. The van der Waals surface area contributed by atoms with Crippen LogP contribution < -0.4 is 10.0 Å². The first-order chi connectivity index (χ1) is 14.8. The van der Waals surface area contributed by atoms with Gasteiger partial charge in [0.2, 0.25) is 15.9 Å². The maximum absolute atomic E-state index is 13.8. The van der Waals surface area contributed by atoms with Crippen LogP contribution in [0.4, 0.5) is 23.2 Å². The second-order valence-corrected chi connectivity index (χ2v) is 8.39. The lowest BCUT2D eigenvalue weighted by molar-refractivity contribution is -0.141. The summed E-state index contributed by atoms with van der Waals surface area (Å²) in [6.45, 7) is 1.36. The Labute approximate surface area is 182 Å². The number of pyridine rings is 1. The van der Waals surface area contributed by atoms with E-state index in [2.05, 4.69) is 20.9 Å². The number of benzene rings is 1. The minimum absolute atomic E-state index is 0.0408. The summed E-state index contributed by atoms with van der Waals surface area (Å²) < 4.78 is 77.7. The molecule has 0 aliphatic carbocycles. The Balaban J connectivity index is 2.21. The van der Waals surface area contributed by atoms with E-state index < -0.39 is 33.6 Å². The number of rotatable bonds is 7. The van der Waals surface area contributed by atoms with Gasteiger partial charge in [-0.15, -0.1) is 6.42 Å². The normalized spacial score (nSPS) is 11.9. The number of hydrogen-bond acceptors (Lipinski definition) is 4. The monoisotopic (exact) mass is 469 g/mol. The van der Waals surface area contributed by atoms with Gasteiger partial charge in [0.1, 0.15) is 11.5 Å². The summed E-state index contributed by atoms with van der Waals surface area (Å²) in [6, 6.07) is 4.02. The van der Waals surface area contributed by atoms with Crippen molar-refractivity contribution in [3.63, 3.8) is 0 Å². The molecule has 1 amide bonds. The standard InChI is InChI=1S/C21H19F4N3O3S/c1-4-13-10-16(22)11-15(20(13)28-32(3,30)31)12-26-19(29)9-7-14-6-8-18(21(23,24)25)27-17(14)5-2/h1,6-11,28H,5,12H2,2-3H3,(H,26,29). The van der Waals surface area contributed by atoms with Gasteiger partial charge in [-0.2, -0.15) is 13.2 Å². The summed E-state index contributed by atoms with van der Waals surface area (Å²) in [4.78, 5) is 15.8. The van der Waals surface area contributed by atoms with E-state index in [1.165, 1.54) is 12.1 Å². The Kier molecular flexibility index (Phi) is 7.64. The first-order valence-electron chi connectivity index (χ1n) is 9.14. The fourth-order valence-corrected chi connectivity index (χ4v) is 3.35. The maximum atomic E-state index is 13.8. The van der Waals surface area contributed by atoms with Crippen molar-refractivity contribution in [3.05, 3.63) is 64.2 Å². The molecular formula is C21H19F4N3O3S. The number of nitrogens with zero attached hydrogens (tertiary/aromatic N) is 1. The fourth-order valence-electron chi connectivity index (χ4n) is 2.73. The van der Waals surface area contributed by atoms with Crippen LogP contribution in [0.1, 0.15) is 35.0 Å². The smallest absolute Gasteiger partial charge is 0.348 e. The number of aryl methyl sites for hydroxylation is 1. The van der Waals surface area contributed by atoms with Crippen molar-refractivity contribution >= 4 is 27.7 Å². The van der Waals surface area contributed by atoms with Gasteiger partial charge in [0.15, 0.2) is 0 Å². The second-order valence-electron chi connectivity index (χ2n) is 6.64. The lowest BCUT2D eigenvalue weighted by Crippen LogP contribution is -2.22.